The fourth-order valence-electron chi connectivity index (χ4n) is 3.48. The van der Waals surface area contributed by atoms with Gasteiger partial charge in [-0.1, -0.05) is 18.2 Å². The van der Waals surface area contributed by atoms with Gasteiger partial charge in [0.05, 0.1) is 5.39 Å². The summed E-state index contributed by atoms with van der Waals surface area (Å²) in [5.41, 5.74) is 1.96. The third-order valence-corrected chi connectivity index (χ3v) is 4.80. The van der Waals surface area contributed by atoms with E-state index in [-0.39, 0.29) is 17.6 Å². The van der Waals surface area contributed by atoms with Crippen LogP contribution in [0.2, 0.25) is 0 Å². The Labute approximate surface area is 151 Å². The average molecular weight is 352 g/mol. The standard InChI is InChI=1S/C20H21FN4O/c1-12-7-8-14(17(26)10-12)19-15-5-2-6-16(21)18(15)20(25-24-19)23-13-4-3-9-22-11-13/h2,5-8,10,13,22,26H,3-4,9,11H2,1H3,(H,23,25)/t13-/m1/s1. The lowest BCUT2D eigenvalue weighted by molar-refractivity contribution is 0.476. The van der Waals surface area contributed by atoms with Gasteiger partial charge >= 0.3 is 0 Å². The van der Waals surface area contributed by atoms with Gasteiger partial charge in [0.15, 0.2) is 5.82 Å². The van der Waals surface area contributed by atoms with Gasteiger partial charge in [-0.15, -0.1) is 10.2 Å². The van der Waals surface area contributed by atoms with E-state index < -0.39 is 0 Å². The molecule has 1 aromatic heterocycles. The Kier molecular flexibility index (Phi) is 4.42. The SMILES string of the molecule is Cc1ccc(-c2nnc(N[C@@H]3CCCNC3)c3c(F)cccc23)c(O)c1. The van der Waals surface area contributed by atoms with Gasteiger partial charge in [0, 0.05) is 23.5 Å². The number of piperidine rings is 1. The van der Waals surface area contributed by atoms with Crippen LogP contribution >= 0.6 is 0 Å². The molecule has 1 fully saturated rings. The first-order valence-electron chi connectivity index (χ1n) is 8.85. The summed E-state index contributed by atoms with van der Waals surface area (Å²) >= 11 is 0. The van der Waals surface area contributed by atoms with Crippen molar-refractivity contribution in [3.63, 3.8) is 0 Å². The summed E-state index contributed by atoms with van der Waals surface area (Å²) in [5.74, 6) is 0.209. The highest BCUT2D eigenvalue weighted by molar-refractivity contribution is 6.01. The van der Waals surface area contributed by atoms with Gasteiger partial charge in [0.1, 0.15) is 17.3 Å². The van der Waals surface area contributed by atoms with E-state index in [4.69, 9.17) is 0 Å². The predicted octanol–water partition coefficient (Wildman–Crippen LogP) is 3.61. The summed E-state index contributed by atoms with van der Waals surface area (Å²) in [7, 11) is 0. The van der Waals surface area contributed by atoms with Crippen molar-refractivity contribution in [1.82, 2.24) is 15.5 Å². The van der Waals surface area contributed by atoms with Crippen LogP contribution in [0.3, 0.4) is 0 Å². The lowest BCUT2D eigenvalue weighted by Crippen LogP contribution is -2.38. The van der Waals surface area contributed by atoms with Gasteiger partial charge in [0.25, 0.3) is 0 Å². The molecule has 1 atom stereocenters. The summed E-state index contributed by atoms with van der Waals surface area (Å²) in [6.45, 7) is 3.72. The van der Waals surface area contributed by atoms with Crippen molar-refractivity contribution >= 4 is 16.6 Å². The number of hydrogen-bond donors (Lipinski definition) is 3. The van der Waals surface area contributed by atoms with Gasteiger partial charge in [-0.05, 0) is 50.1 Å². The Morgan fingerprint density at radius 2 is 2.12 bits per heavy atom. The van der Waals surface area contributed by atoms with Crippen LogP contribution in [0.4, 0.5) is 10.2 Å². The molecule has 2 aromatic carbocycles. The van der Waals surface area contributed by atoms with Crippen molar-refractivity contribution in [3.05, 3.63) is 47.8 Å². The number of hydrogen-bond acceptors (Lipinski definition) is 5. The van der Waals surface area contributed by atoms with Crippen molar-refractivity contribution in [2.45, 2.75) is 25.8 Å². The summed E-state index contributed by atoms with van der Waals surface area (Å²) in [6, 6.07) is 10.4. The zero-order valence-corrected chi connectivity index (χ0v) is 14.6. The van der Waals surface area contributed by atoms with E-state index in [0.717, 1.165) is 31.5 Å². The molecule has 0 bridgehead atoms. The predicted molar refractivity (Wildman–Crippen MR) is 101 cm³/mol. The highest BCUT2D eigenvalue weighted by Crippen LogP contribution is 2.36. The monoisotopic (exact) mass is 352 g/mol. The number of halogens is 1. The van der Waals surface area contributed by atoms with Gasteiger partial charge in [-0.2, -0.15) is 0 Å². The van der Waals surface area contributed by atoms with E-state index in [1.165, 1.54) is 6.07 Å². The van der Waals surface area contributed by atoms with Crippen molar-refractivity contribution < 1.29 is 9.50 Å². The lowest BCUT2D eigenvalue weighted by Gasteiger charge is -2.25. The van der Waals surface area contributed by atoms with Crippen LogP contribution in [-0.4, -0.2) is 34.4 Å². The third-order valence-electron chi connectivity index (χ3n) is 4.80. The number of anilines is 1. The van der Waals surface area contributed by atoms with Crippen LogP contribution < -0.4 is 10.6 Å². The number of nitrogens with zero attached hydrogens (tertiary/aromatic N) is 2. The molecule has 0 unspecified atom stereocenters. The van der Waals surface area contributed by atoms with Crippen LogP contribution in [-0.2, 0) is 0 Å². The van der Waals surface area contributed by atoms with E-state index in [2.05, 4.69) is 20.8 Å². The molecule has 0 amide bonds. The molecule has 0 spiro atoms. The van der Waals surface area contributed by atoms with E-state index in [9.17, 15) is 9.50 Å². The number of phenols is 1. The van der Waals surface area contributed by atoms with E-state index in [1.807, 2.05) is 19.1 Å². The maximum Gasteiger partial charge on any atom is 0.159 e. The fraction of sp³-hybridized carbons (Fsp3) is 0.300. The molecule has 1 aliphatic rings. The number of aromatic nitrogens is 2. The van der Waals surface area contributed by atoms with Crippen LogP contribution in [0, 0.1) is 12.7 Å². The van der Waals surface area contributed by atoms with Crippen LogP contribution in [0.25, 0.3) is 22.0 Å². The average Bonchev–Trinajstić information content (AvgIpc) is 2.63. The Morgan fingerprint density at radius 3 is 2.88 bits per heavy atom. The lowest BCUT2D eigenvalue weighted by atomic mass is 10.0. The van der Waals surface area contributed by atoms with Crippen LogP contribution in [0.15, 0.2) is 36.4 Å². The fourth-order valence-corrected chi connectivity index (χ4v) is 3.48. The molecule has 4 rings (SSSR count). The zero-order chi connectivity index (χ0) is 18.1. The number of nitrogens with one attached hydrogen (secondary N) is 2. The molecule has 0 saturated carbocycles. The number of phenolic OH excluding ortho intramolecular Hbond substituents is 1. The van der Waals surface area contributed by atoms with Gasteiger partial charge in [0.2, 0.25) is 0 Å². The number of aromatic hydroxyl groups is 1. The Morgan fingerprint density at radius 1 is 1.23 bits per heavy atom. The molecule has 0 radical (unpaired) electrons. The number of fused-ring (bicyclic) bond motifs is 1. The maximum absolute atomic E-state index is 14.7. The molecule has 6 heteroatoms. The Balaban J connectivity index is 1.84. The minimum atomic E-state index is -0.350. The second-order valence-electron chi connectivity index (χ2n) is 6.77. The highest BCUT2D eigenvalue weighted by atomic mass is 19.1. The Hall–Kier alpha value is -2.73. The van der Waals surface area contributed by atoms with Crippen LogP contribution in [0.5, 0.6) is 5.75 Å². The van der Waals surface area contributed by atoms with Crippen molar-refractivity contribution in [2.24, 2.45) is 0 Å². The molecule has 26 heavy (non-hydrogen) atoms. The molecule has 0 aliphatic carbocycles. The summed E-state index contributed by atoms with van der Waals surface area (Å²) in [4.78, 5) is 0. The molecule has 1 saturated heterocycles. The largest absolute Gasteiger partial charge is 0.507 e. The maximum atomic E-state index is 14.7. The molecular weight excluding hydrogens is 331 g/mol. The van der Waals surface area contributed by atoms with Crippen LogP contribution in [0.1, 0.15) is 18.4 Å². The van der Waals surface area contributed by atoms with Crippen molar-refractivity contribution in [3.8, 4) is 17.0 Å². The normalized spacial score (nSPS) is 17.4. The van der Waals surface area contributed by atoms with Crippen molar-refractivity contribution in [1.29, 1.82) is 0 Å². The Bertz CT molecular complexity index is 954. The number of benzene rings is 2. The van der Waals surface area contributed by atoms with E-state index >= 15 is 0 Å². The molecule has 1 aliphatic heterocycles. The topological polar surface area (TPSA) is 70.1 Å². The molecule has 3 aromatic rings. The van der Waals surface area contributed by atoms with Gasteiger partial charge in [-0.3, -0.25) is 0 Å². The minimum Gasteiger partial charge on any atom is -0.507 e. The quantitative estimate of drug-likeness (QED) is 0.672. The third kappa shape index (κ3) is 3.08. The molecule has 134 valence electrons. The number of rotatable bonds is 3. The highest BCUT2D eigenvalue weighted by Gasteiger charge is 2.19. The summed E-state index contributed by atoms with van der Waals surface area (Å²) in [6.07, 6.45) is 2.08. The van der Waals surface area contributed by atoms with Gasteiger partial charge < -0.3 is 15.7 Å². The second kappa shape index (κ2) is 6.88. The van der Waals surface area contributed by atoms with E-state index in [1.54, 1.807) is 18.2 Å². The first-order chi connectivity index (χ1) is 12.6. The summed E-state index contributed by atoms with van der Waals surface area (Å²) in [5, 5.41) is 26.6. The number of aryl methyl sites for hydroxylation is 1. The zero-order valence-electron chi connectivity index (χ0n) is 14.6. The van der Waals surface area contributed by atoms with E-state index in [0.29, 0.717) is 27.8 Å². The first-order valence-corrected chi connectivity index (χ1v) is 8.85. The second-order valence-corrected chi connectivity index (χ2v) is 6.77. The summed E-state index contributed by atoms with van der Waals surface area (Å²) < 4.78 is 14.7. The van der Waals surface area contributed by atoms with Gasteiger partial charge in [-0.25, -0.2) is 4.39 Å². The molecule has 2 heterocycles. The molecule has 3 N–H and O–H groups in total. The first kappa shape index (κ1) is 16.7. The molecule has 5 nitrogen and oxygen atoms in total. The molecular formula is C20H21FN4O. The smallest absolute Gasteiger partial charge is 0.159 e. The van der Waals surface area contributed by atoms with Crippen molar-refractivity contribution in [2.75, 3.05) is 18.4 Å². The minimum absolute atomic E-state index is 0.113.